The second kappa shape index (κ2) is 6.14. The van der Waals surface area contributed by atoms with Crippen LogP contribution in [0.15, 0.2) is 29.8 Å². The molecule has 0 aliphatic heterocycles. The quantitative estimate of drug-likeness (QED) is 0.826. The van der Waals surface area contributed by atoms with Gasteiger partial charge in [-0.05, 0) is 43.4 Å². The van der Waals surface area contributed by atoms with Gasteiger partial charge in [0.15, 0.2) is 0 Å². The molecule has 0 aromatic heterocycles. The lowest BCUT2D eigenvalue weighted by Gasteiger charge is -2.09. The summed E-state index contributed by atoms with van der Waals surface area (Å²) in [4.78, 5) is 23.6. The molecule has 4 nitrogen and oxygen atoms in total. The van der Waals surface area contributed by atoms with Crippen molar-refractivity contribution in [3.8, 4) is 0 Å². The largest absolute Gasteiger partial charge is 0.326 e. The molecule has 1 aromatic rings. The molecule has 124 valence electrons. The molecule has 0 radical (unpaired) electrons. The standard InChI is InChI=1S/C18H23FN2O2/c1-10(2)8-13-16(18(13,4)5)17(23)21-12-6-7-14(19)15(9-12)20-11(3)22/h6-9,13,16H,1-5H3,(H,20,22)(H,21,23). The molecule has 0 bridgehead atoms. The molecule has 0 saturated heterocycles. The number of carbonyl (C=O) groups is 2. The first-order chi connectivity index (χ1) is 10.6. The predicted molar refractivity (Wildman–Crippen MR) is 89.5 cm³/mol. The van der Waals surface area contributed by atoms with Gasteiger partial charge in [-0.1, -0.05) is 25.5 Å². The van der Waals surface area contributed by atoms with Crippen LogP contribution in [0.1, 0.15) is 34.6 Å². The zero-order valence-corrected chi connectivity index (χ0v) is 14.2. The molecular weight excluding hydrogens is 295 g/mol. The van der Waals surface area contributed by atoms with E-state index in [1.54, 1.807) is 0 Å². The summed E-state index contributed by atoms with van der Waals surface area (Å²) in [6, 6.07) is 4.15. The monoisotopic (exact) mass is 318 g/mol. The number of hydrogen-bond donors (Lipinski definition) is 2. The Labute approximate surface area is 136 Å². The summed E-state index contributed by atoms with van der Waals surface area (Å²) in [5.74, 6) is -0.876. The van der Waals surface area contributed by atoms with Crippen LogP contribution in [0.3, 0.4) is 0 Å². The molecule has 1 aliphatic carbocycles. The van der Waals surface area contributed by atoms with Crippen molar-refractivity contribution in [3.05, 3.63) is 35.7 Å². The van der Waals surface area contributed by atoms with E-state index >= 15 is 0 Å². The molecular formula is C18H23FN2O2. The number of amides is 2. The van der Waals surface area contributed by atoms with Crippen molar-refractivity contribution in [2.45, 2.75) is 34.6 Å². The second-order valence-electron chi connectivity index (χ2n) is 6.93. The van der Waals surface area contributed by atoms with Crippen molar-refractivity contribution in [2.75, 3.05) is 10.6 Å². The van der Waals surface area contributed by atoms with Crippen molar-refractivity contribution in [1.82, 2.24) is 0 Å². The Hall–Kier alpha value is -2.17. The molecule has 2 N–H and O–H groups in total. The Morgan fingerprint density at radius 1 is 1.17 bits per heavy atom. The first-order valence-corrected chi connectivity index (χ1v) is 7.66. The van der Waals surface area contributed by atoms with E-state index in [2.05, 4.69) is 30.6 Å². The van der Waals surface area contributed by atoms with Crippen molar-refractivity contribution >= 4 is 23.2 Å². The second-order valence-corrected chi connectivity index (χ2v) is 6.93. The maximum absolute atomic E-state index is 13.6. The molecule has 2 rings (SSSR count). The van der Waals surface area contributed by atoms with Crippen LogP contribution < -0.4 is 10.6 Å². The molecule has 1 aliphatic rings. The number of hydrogen-bond acceptors (Lipinski definition) is 2. The molecule has 5 heteroatoms. The normalized spacial score (nSPS) is 21.3. The van der Waals surface area contributed by atoms with Gasteiger partial charge < -0.3 is 10.6 Å². The Bertz CT molecular complexity index is 676. The molecule has 1 saturated carbocycles. The van der Waals surface area contributed by atoms with Gasteiger partial charge in [0, 0.05) is 12.6 Å². The van der Waals surface area contributed by atoms with Crippen molar-refractivity contribution in [3.63, 3.8) is 0 Å². The van der Waals surface area contributed by atoms with Crippen LogP contribution in [0.4, 0.5) is 15.8 Å². The van der Waals surface area contributed by atoms with E-state index < -0.39 is 5.82 Å². The van der Waals surface area contributed by atoms with Gasteiger partial charge in [-0.15, -0.1) is 0 Å². The number of anilines is 2. The fourth-order valence-electron chi connectivity index (χ4n) is 2.96. The van der Waals surface area contributed by atoms with E-state index in [0.717, 1.165) is 0 Å². The molecule has 23 heavy (non-hydrogen) atoms. The summed E-state index contributed by atoms with van der Waals surface area (Å²) in [6.45, 7) is 9.47. The number of carbonyl (C=O) groups excluding carboxylic acids is 2. The molecule has 0 heterocycles. The third kappa shape index (κ3) is 3.78. The van der Waals surface area contributed by atoms with Crippen LogP contribution in [0.25, 0.3) is 0 Å². The van der Waals surface area contributed by atoms with E-state index in [4.69, 9.17) is 0 Å². The van der Waals surface area contributed by atoms with Gasteiger partial charge in [0.05, 0.1) is 11.6 Å². The molecule has 0 spiro atoms. The van der Waals surface area contributed by atoms with E-state index in [-0.39, 0.29) is 34.8 Å². The highest BCUT2D eigenvalue weighted by Gasteiger charge is 2.60. The number of rotatable bonds is 4. The average Bonchev–Trinajstić information content (AvgIpc) is 2.93. The zero-order chi connectivity index (χ0) is 17.4. The number of halogens is 1. The minimum Gasteiger partial charge on any atom is -0.326 e. The minimum absolute atomic E-state index is 0.0613. The highest BCUT2D eigenvalue weighted by atomic mass is 19.1. The van der Waals surface area contributed by atoms with Gasteiger partial charge in [-0.25, -0.2) is 4.39 Å². The minimum atomic E-state index is -0.535. The van der Waals surface area contributed by atoms with Crippen LogP contribution >= 0.6 is 0 Å². The topological polar surface area (TPSA) is 58.2 Å². The van der Waals surface area contributed by atoms with E-state index in [9.17, 15) is 14.0 Å². The van der Waals surface area contributed by atoms with Crippen molar-refractivity contribution in [2.24, 2.45) is 17.3 Å². The van der Waals surface area contributed by atoms with Gasteiger partial charge in [-0.3, -0.25) is 9.59 Å². The predicted octanol–water partition coefficient (Wildman–Crippen LogP) is 3.96. The first kappa shape index (κ1) is 17.2. The number of allylic oxidation sites excluding steroid dienone is 2. The van der Waals surface area contributed by atoms with Gasteiger partial charge in [0.1, 0.15) is 5.82 Å². The van der Waals surface area contributed by atoms with Crippen LogP contribution in [-0.4, -0.2) is 11.8 Å². The maximum Gasteiger partial charge on any atom is 0.228 e. The summed E-state index contributed by atoms with van der Waals surface area (Å²) in [5.41, 5.74) is 1.64. The van der Waals surface area contributed by atoms with E-state index in [1.165, 1.54) is 30.7 Å². The summed E-state index contributed by atoms with van der Waals surface area (Å²) < 4.78 is 13.6. The first-order valence-electron chi connectivity index (χ1n) is 7.66. The van der Waals surface area contributed by atoms with Crippen LogP contribution in [0, 0.1) is 23.1 Å². The Balaban J connectivity index is 2.12. The summed E-state index contributed by atoms with van der Waals surface area (Å²) in [6.07, 6.45) is 2.12. The smallest absolute Gasteiger partial charge is 0.228 e. The van der Waals surface area contributed by atoms with Gasteiger partial charge in [0.2, 0.25) is 11.8 Å². The van der Waals surface area contributed by atoms with Gasteiger partial charge >= 0.3 is 0 Å². The van der Waals surface area contributed by atoms with Crippen molar-refractivity contribution in [1.29, 1.82) is 0 Å². The number of nitrogens with one attached hydrogen (secondary N) is 2. The van der Waals surface area contributed by atoms with Crippen molar-refractivity contribution < 1.29 is 14.0 Å². The summed E-state index contributed by atoms with van der Waals surface area (Å²) in [7, 11) is 0. The summed E-state index contributed by atoms with van der Waals surface area (Å²) >= 11 is 0. The lowest BCUT2D eigenvalue weighted by Crippen LogP contribution is -2.17. The average molecular weight is 318 g/mol. The van der Waals surface area contributed by atoms with Gasteiger partial charge in [-0.2, -0.15) is 0 Å². The Morgan fingerprint density at radius 3 is 2.39 bits per heavy atom. The highest BCUT2D eigenvalue weighted by Crippen LogP contribution is 2.59. The highest BCUT2D eigenvalue weighted by molar-refractivity contribution is 5.97. The fraction of sp³-hybridized carbons (Fsp3) is 0.444. The lowest BCUT2D eigenvalue weighted by molar-refractivity contribution is -0.118. The SMILES string of the molecule is CC(=O)Nc1cc(NC(=O)C2C(C=C(C)C)C2(C)C)ccc1F. The molecule has 2 unspecified atom stereocenters. The molecule has 2 atom stereocenters. The van der Waals surface area contributed by atoms with Crippen LogP contribution in [-0.2, 0) is 9.59 Å². The molecule has 1 aromatic carbocycles. The Morgan fingerprint density at radius 2 is 1.83 bits per heavy atom. The fourth-order valence-corrected chi connectivity index (χ4v) is 2.96. The van der Waals surface area contributed by atoms with Crippen LogP contribution in [0.5, 0.6) is 0 Å². The summed E-state index contributed by atoms with van der Waals surface area (Å²) in [5, 5.41) is 5.23. The Kier molecular flexibility index (Phi) is 4.59. The molecule has 2 amide bonds. The lowest BCUT2D eigenvalue weighted by atomic mass is 10.1. The van der Waals surface area contributed by atoms with Gasteiger partial charge in [0.25, 0.3) is 0 Å². The maximum atomic E-state index is 13.6. The zero-order valence-electron chi connectivity index (χ0n) is 14.2. The molecule has 1 fully saturated rings. The third-order valence-electron chi connectivity index (χ3n) is 4.25. The number of benzene rings is 1. The third-order valence-corrected chi connectivity index (χ3v) is 4.25. The van der Waals surface area contributed by atoms with E-state index in [1.807, 2.05) is 13.8 Å². The van der Waals surface area contributed by atoms with Crippen LogP contribution in [0.2, 0.25) is 0 Å². The van der Waals surface area contributed by atoms with E-state index in [0.29, 0.717) is 5.69 Å².